The third-order valence-electron chi connectivity index (χ3n) is 11.0. The number of hydrogen-bond acceptors (Lipinski definition) is 10. The molecule has 3 aliphatic heterocycles. The molecule has 2 saturated heterocycles. The number of rotatable bonds is 6. The van der Waals surface area contributed by atoms with Crippen molar-refractivity contribution < 1.29 is 37.1 Å². The first-order valence-corrected chi connectivity index (χ1v) is 21.3. The largest absolute Gasteiger partial charge is 0.444 e. The van der Waals surface area contributed by atoms with E-state index < -0.39 is 74.1 Å². The van der Waals surface area contributed by atoms with Gasteiger partial charge in [0, 0.05) is 48.3 Å². The zero-order valence-corrected chi connectivity index (χ0v) is 32.4. The average Bonchev–Trinajstić information content (AvgIpc) is 3.91. The number of allylic oxidation sites excluding steroid dienone is 1. The second-order valence-electron chi connectivity index (χ2n) is 16.2. The quantitative estimate of drug-likeness (QED) is 0.369. The summed E-state index contributed by atoms with van der Waals surface area (Å²) in [6.07, 6.45) is 7.41. The number of aromatic nitrogens is 1. The number of alkyl carbamates (subject to hydrolysis) is 1. The smallest absolute Gasteiger partial charge is 0.408 e. The van der Waals surface area contributed by atoms with E-state index in [0.717, 1.165) is 18.4 Å². The summed E-state index contributed by atoms with van der Waals surface area (Å²) >= 11 is 1.53. The lowest BCUT2D eigenvalue weighted by molar-refractivity contribution is -0.142. The van der Waals surface area contributed by atoms with Crippen molar-refractivity contribution in [3.05, 3.63) is 52.9 Å². The van der Waals surface area contributed by atoms with Gasteiger partial charge in [-0.05, 0) is 82.9 Å². The zero-order chi connectivity index (χ0) is 38.4. The summed E-state index contributed by atoms with van der Waals surface area (Å²) < 4.78 is 33.5. The van der Waals surface area contributed by atoms with E-state index in [9.17, 15) is 32.4 Å². The van der Waals surface area contributed by atoms with Crippen molar-refractivity contribution in [1.82, 2.24) is 30.1 Å². The molecule has 2 aliphatic carbocycles. The van der Waals surface area contributed by atoms with Crippen LogP contribution in [0.25, 0.3) is 11.3 Å². The topological polar surface area (TPSA) is 184 Å². The lowest BCUT2D eigenvalue weighted by atomic mass is 9.93. The first-order valence-electron chi connectivity index (χ1n) is 18.8. The van der Waals surface area contributed by atoms with Gasteiger partial charge < -0.3 is 25.2 Å². The summed E-state index contributed by atoms with van der Waals surface area (Å²) in [6, 6.07) is 5.13. The van der Waals surface area contributed by atoms with Gasteiger partial charge in [0.2, 0.25) is 21.8 Å². The maximum absolute atomic E-state index is 14.6. The summed E-state index contributed by atoms with van der Waals surface area (Å²) in [6.45, 7) is 5.75. The van der Waals surface area contributed by atoms with E-state index in [1.807, 2.05) is 35.0 Å². The highest BCUT2D eigenvalue weighted by Crippen LogP contribution is 2.47. The highest BCUT2D eigenvalue weighted by molar-refractivity contribution is 7.91. The summed E-state index contributed by atoms with van der Waals surface area (Å²) in [5, 5.41) is 8.94. The van der Waals surface area contributed by atoms with Gasteiger partial charge in [-0.2, -0.15) is 11.3 Å². The van der Waals surface area contributed by atoms with Crippen LogP contribution in [0.4, 0.5) is 4.79 Å². The van der Waals surface area contributed by atoms with Crippen molar-refractivity contribution in [1.29, 1.82) is 0 Å². The molecule has 5 aliphatic rings. The minimum Gasteiger partial charge on any atom is -0.444 e. The Hall–Kier alpha value is -4.31. The van der Waals surface area contributed by atoms with Crippen LogP contribution in [-0.2, 0) is 29.1 Å². The Kier molecular flexibility index (Phi) is 10.4. The summed E-state index contributed by atoms with van der Waals surface area (Å²) in [5.74, 6) is -3.37. The average molecular weight is 781 g/mol. The van der Waals surface area contributed by atoms with Gasteiger partial charge in [-0.1, -0.05) is 31.1 Å². The van der Waals surface area contributed by atoms with Crippen molar-refractivity contribution in [2.24, 2.45) is 17.8 Å². The van der Waals surface area contributed by atoms with Crippen LogP contribution in [0.15, 0.2) is 47.2 Å². The molecule has 54 heavy (non-hydrogen) atoms. The molecule has 290 valence electrons. The third-order valence-corrected chi connectivity index (χ3v) is 13.5. The van der Waals surface area contributed by atoms with Gasteiger partial charge in [-0.15, -0.1) is 0 Å². The van der Waals surface area contributed by atoms with Gasteiger partial charge in [0.05, 0.1) is 10.9 Å². The minimum absolute atomic E-state index is 0.138. The van der Waals surface area contributed by atoms with E-state index in [4.69, 9.17) is 4.74 Å². The molecule has 7 rings (SSSR count). The fourth-order valence-corrected chi connectivity index (χ4v) is 9.99. The normalized spacial score (nSPS) is 29.4. The van der Waals surface area contributed by atoms with Gasteiger partial charge in [-0.25, -0.2) is 18.2 Å². The molecule has 0 unspecified atom stereocenters. The van der Waals surface area contributed by atoms with Crippen LogP contribution < -0.4 is 15.4 Å². The van der Waals surface area contributed by atoms with E-state index in [-0.39, 0.29) is 43.6 Å². The summed E-state index contributed by atoms with van der Waals surface area (Å²) in [7, 11) is -3.90. The molecule has 4 fully saturated rings. The molecule has 6 atom stereocenters. The molecule has 0 spiro atoms. The van der Waals surface area contributed by atoms with Crippen molar-refractivity contribution >= 4 is 51.1 Å². The fourth-order valence-electron chi connectivity index (χ4n) is 7.97. The summed E-state index contributed by atoms with van der Waals surface area (Å²) in [4.78, 5) is 77.6. The van der Waals surface area contributed by atoms with Crippen molar-refractivity contribution in [3.63, 3.8) is 0 Å². The second-order valence-corrected chi connectivity index (χ2v) is 18.9. The highest BCUT2D eigenvalue weighted by Gasteiger charge is 2.63. The van der Waals surface area contributed by atoms with E-state index in [0.29, 0.717) is 37.8 Å². The molecule has 0 radical (unpaired) electrons. The number of hydrogen-bond donors (Lipinski definition) is 3. The number of nitrogens with zero attached hydrogens (tertiary/aromatic N) is 3. The van der Waals surface area contributed by atoms with Crippen LogP contribution >= 0.6 is 11.3 Å². The molecular weight excluding hydrogens is 733 g/mol. The maximum atomic E-state index is 14.6. The number of sulfonamides is 1. The Labute approximate surface area is 319 Å². The predicted octanol–water partition coefficient (Wildman–Crippen LogP) is 3.61. The lowest BCUT2D eigenvalue weighted by Gasteiger charge is -2.33. The van der Waals surface area contributed by atoms with Gasteiger partial charge in [0.15, 0.2) is 0 Å². The Balaban J connectivity index is 1.18. The van der Waals surface area contributed by atoms with Crippen LogP contribution in [0.5, 0.6) is 0 Å². The van der Waals surface area contributed by atoms with Crippen molar-refractivity contribution in [3.8, 4) is 11.3 Å². The number of amides is 5. The Morgan fingerprint density at radius 1 is 1.04 bits per heavy atom. The fraction of sp³-hybridized carbons (Fsp3) is 0.579. The maximum Gasteiger partial charge on any atom is 0.408 e. The SMILES string of the molecule is CC(C)(C)OC(=O)N[C@H]1CCCCC/C=C\[C@H]2C[C@@]2(C(=O)NS(=O)(=O)C2CC2)NC(=O)[C@@H]2[C@H]3CN(C(=O)c4cccc(-c5ccsc5)n4)C[C@H]3CN2C1=O. The molecule has 2 saturated carbocycles. The Morgan fingerprint density at radius 2 is 1.83 bits per heavy atom. The van der Waals surface area contributed by atoms with E-state index in [2.05, 4.69) is 20.3 Å². The van der Waals surface area contributed by atoms with Gasteiger partial charge in [0.25, 0.3) is 11.8 Å². The first-order chi connectivity index (χ1) is 25.6. The molecule has 0 bridgehead atoms. The molecule has 14 nitrogen and oxygen atoms in total. The molecule has 2 aromatic heterocycles. The monoisotopic (exact) mass is 780 g/mol. The van der Waals surface area contributed by atoms with Crippen LogP contribution in [-0.4, -0.2) is 101 Å². The lowest BCUT2D eigenvalue weighted by Crippen LogP contribution is -2.60. The molecule has 2 aromatic rings. The predicted molar refractivity (Wildman–Crippen MR) is 200 cm³/mol. The Morgan fingerprint density at radius 3 is 2.56 bits per heavy atom. The van der Waals surface area contributed by atoms with Crippen LogP contribution in [0.1, 0.15) is 82.6 Å². The molecule has 5 heterocycles. The van der Waals surface area contributed by atoms with Crippen LogP contribution in [0, 0.1) is 17.8 Å². The first kappa shape index (κ1) is 38.0. The molecular formula is C38H48N6O8S2. The van der Waals surface area contributed by atoms with Crippen LogP contribution in [0.2, 0.25) is 0 Å². The van der Waals surface area contributed by atoms with Crippen molar-refractivity contribution in [2.45, 2.75) is 101 Å². The third kappa shape index (κ3) is 8.04. The number of pyridine rings is 1. The minimum atomic E-state index is -3.90. The number of carbonyl (C=O) groups is 5. The standard InChI is InChI=1S/C38H48N6O8S2/c1-37(2,3)52-36(49)40-30-11-8-6-4-5-7-10-25-18-38(25,35(48)42-54(50,51)26-14-15-26)41-32(45)31-27-21-43(19-24(27)20-44(31)34(30)47)33(46)29-13-9-12-28(39-29)23-16-17-53-22-23/h7,9-10,12-13,16-17,22,24-27,30-31H,4-6,8,11,14-15,18-21H2,1-3H3,(H,40,49)(H,41,45)(H,42,48)/b10-7-/t24-,25-,27-,30-,31-,38+/m0/s1. The molecule has 5 amide bonds. The van der Waals surface area contributed by atoms with E-state index in [1.165, 1.54) is 16.2 Å². The second kappa shape index (κ2) is 14.7. The number of ether oxygens (including phenoxy) is 1. The van der Waals surface area contributed by atoms with Gasteiger partial charge >= 0.3 is 6.09 Å². The number of nitrogens with one attached hydrogen (secondary N) is 3. The van der Waals surface area contributed by atoms with E-state index in [1.54, 1.807) is 37.8 Å². The molecule has 0 aromatic carbocycles. The van der Waals surface area contributed by atoms with E-state index >= 15 is 0 Å². The van der Waals surface area contributed by atoms with Crippen LogP contribution in [0.3, 0.4) is 0 Å². The number of carbonyl (C=O) groups excluding carboxylic acids is 5. The van der Waals surface area contributed by atoms with Gasteiger partial charge in [-0.3, -0.25) is 23.9 Å². The van der Waals surface area contributed by atoms with Gasteiger partial charge in [0.1, 0.15) is 28.9 Å². The number of fused-ring (bicyclic) bond motifs is 4. The zero-order valence-electron chi connectivity index (χ0n) is 30.8. The molecule has 16 heteroatoms. The highest BCUT2D eigenvalue weighted by atomic mass is 32.2. The number of thiophene rings is 1. The van der Waals surface area contributed by atoms with Crippen molar-refractivity contribution in [2.75, 3.05) is 19.6 Å². The Bertz CT molecular complexity index is 1940. The molecule has 3 N–H and O–H groups in total. The summed E-state index contributed by atoms with van der Waals surface area (Å²) in [5.41, 5.74) is -0.483. The number of likely N-dealkylation sites (tertiary alicyclic amines) is 1.